The molecule has 9 nitrogen and oxygen atoms in total. The van der Waals surface area contributed by atoms with E-state index in [0.717, 1.165) is 11.3 Å². The first kappa shape index (κ1) is 22.2. The number of hydrogen-bond donors (Lipinski definition) is 3. The number of aliphatic hydroxyl groups is 2. The van der Waals surface area contributed by atoms with Crippen LogP contribution in [0.25, 0.3) is 5.57 Å². The third-order valence-electron chi connectivity index (χ3n) is 4.97. The Balaban J connectivity index is 1.63. The van der Waals surface area contributed by atoms with Gasteiger partial charge in [-0.3, -0.25) is 0 Å². The molecule has 0 aromatic carbocycles. The number of pyridine rings is 1. The van der Waals surface area contributed by atoms with Gasteiger partial charge >= 0.3 is 6.09 Å². The van der Waals surface area contributed by atoms with E-state index in [1.807, 2.05) is 39.0 Å². The fraction of sp³-hybridized carbons (Fsp3) is 0.571. The van der Waals surface area contributed by atoms with Crippen molar-refractivity contribution in [2.24, 2.45) is 0 Å². The average Bonchev–Trinajstić information content (AvgIpc) is 2.71. The molecule has 0 radical (unpaired) electrons. The Morgan fingerprint density at radius 2 is 2.10 bits per heavy atom. The van der Waals surface area contributed by atoms with E-state index in [9.17, 15) is 19.8 Å². The van der Waals surface area contributed by atoms with Crippen LogP contribution in [0.1, 0.15) is 32.9 Å². The minimum absolute atomic E-state index is 0.0705. The van der Waals surface area contributed by atoms with Gasteiger partial charge in [0.25, 0.3) is 0 Å². The normalized spacial score (nSPS) is 27.2. The third kappa shape index (κ3) is 5.35. The lowest BCUT2D eigenvalue weighted by Crippen LogP contribution is -2.56. The van der Waals surface area contributed by atoms with Gasteiger partial charge in [-0.15, -0.1) is 0 Å². The quantitative estimate of drug-likeness (QED) is 0.623. The van der Waals surface area contributed by atoms with Crippen molar-refractivity contribution < 1.29 is 29.3 Å². The summed E-state index contributed by atoms with van der Waals surface area (Å²) in [6, 6.07) is 4.88. The molecule has 1 aromatic rings. The Bertz CT molecular complexity index is 806. The maximum absolute atomic E-state index is 12.2. The molecule has 2 aliphatic heterocycles. The van der Waals surface area contributed by atoms with E-state index in [-0.39, 0.29) is 12.7 Å². The highest BCUT2D eigenvalue weighted by Gasteiger charge is 2.38. The standard InChI is InChI=1S/C21H29N3O6/c1-21(2,3)30-20(28)24-9-7-13(8-10-24)14-5-4-6-17(22-14)23-15-12-29-16(11-25)19(27)18(15)26/h4-7,11,15-16,18-19,26-27H,8-10,12H2,1-3H3,(H,22,23)/t15-,16+,18+,19-/m0/s1. The SMILES string of the molecule is CC(C)(C)OC(=O)N1CC=C(c2cccc(N[C@H]3CO[C@H](C=O)[C@H](O)[C@@H]3O)n2)CC1. The minimum atomic E-state index is -1.29. The van der Waals surface area contributed by atoms with Gasteiger partial charge in [-0.1, -0.05) is 12.1 Å². The Kier molecular flexibility index (Phi) is 6.74. The van der Waals surface area contributed by atoms with Gasteiger partial charge < -0.3 is 34.7 Å². The van der Waals surface area contributed by atoms with Crippen molar-refractivity contribution in [2.45, 2.75) is 57.1 Å². The zero-order chi connectivity index (χ0) is 21.9. The maximum Gasteiger partial charge on any atom is 0.410 e. The molecule has 3 rings (SSSR count). The zero-order valence-corrected chi connectivity index (χ0v) is 17.4. The number of carbonyl (C=O) groups is 2. The van der Waals surface area contributed by atoms with Crippen LogP contribution in [0.4, 0.5) is 10.6 Å². The van der Waals surface area contributed by atoms with Gasteiger partial charge in [0.15, 0.2) is 6.29 Å². The van der Waals surface area contributed by atoms with Crippen molar-refractivity contribution in [2.75, 3.05) is 25.0 Å². The summed E-state index contributed by atoms with van der Waals surface area (Å²) in [7, 11) is 0. The summed E-state index contributed by atoms with van der Waals surface area (Å²) in [6.45, 7) is 6.56. The van der Waals surface area contributed by atoms with Gasteiger partial charge in [0.1, 0.15) is 29.7 Å². The first-order valence-electron chi connectivity index (χ1n) is 10.0. The highest BCUT2D eigenvalue weighted by atomic mass is 16.6. The molecule has 2 aliphatic rings. The zero-order valence-electron chi connectivity index (χ0n) is 17.4. The van der Waals surface area contributed by atoms with E-state index in [4.69, 9.17) is 9.47 Å². The molecule has 1 saturated heterocycles. The smallest absolute Gasteiger partial charge is 0.410 e. The molecule has 3 heterocycles. The van der Waals surface area contributed by atoms with Crippen LogP contribution in [0.2, 0.25) is 0 Å². The van der Waals surface area contributed by atoms with Crippen molar-refractivity contribution in [1.29, 1.82) is 0 Å². The first-order valence-corrected chi connectivity index (χ1v) is 10.0. The molecular formula is C21H29N3O6. The fourth-order valence-electron chi connectivity index (χ4n) is 3.37. The average molecular weight is 419 g/mol. The number of nitrogens with one attached hydrogen (secondary N) is 1. The topological polar surface area (TPSA) is 121 Å². The molecule has 0 unspecified atom stereocenters. The number of aliphatic hydroxyl groups excluding tert-OH is 2. The number of nitrogens with zero attached hydrogens (tertiary/aromatic N) is 2. The monoisotopic (exact) mass is 419 g/mol. The minimum Gasteiger partial charge on any atom is -0.444 e. The predicted molar refractivity (Wildman–Crippen MR) is 110 cm³/mol. The van der Waals surface area contributed by atoms with Crippen LogP contribution in [-0.2, 0) is 14.3 Å². The van der Waals surface area contributed by atoms with E-state index < -0.39 is 30.0 Å². The molecule has 1 aromatic heterocycles. The van der Waals surface area contributed by atoms with Gasteiger partial charge in [0.2, 0.25) is 0 Å². The molecule has 3 N–H and O–H groups in total. The summed E-state index contributed by atoms with van der Waals surface area (Å²) in [5, 5.41) is 23.3. The van der Waals surface area contributed by atoms with E-state index >= 15 is 0 Å². The summed E-state index contributed by atoms with van der Waals surface area (Å²) in [6.07, 6.45) is -0.731. The third-order valence-corrected chi connectivity index (χ3v) is 4.97. The molecule has 0 aliphatic carbocycles. The number of aldehydes is 1. The number of aromatic nitrogens is 1. The van der Waals surface area contributed by atoms with Gasteiger partial charge in [0, 0.05) is 13.1 Å². The van der Waals surface area contributed by atoms with Crippen LogP contribution >= 0.6 is 0 Å². The second-order valence-electron chi connectivity index (χ2n) is 8.48. The van der Waals surface area contributed by atoms with Crippen LogP contribution in [-0.4, -0.2) is 82.1 Å². The molecule has 164 valence electrons. The first-order chi connectivity index (χ1) is 14.2. The maximum atomic E-state index is 12.2. The van der Waals surface area contributed by atoms with Gasteiger partial charge in [-0.25, -0.2) is 9.78 Å². The number of hydrogen-bond acceptors (Lipinski definition) is 8. The molecular weight excluding hydrogens is 390 g/mol. The lowest BCUT2D eigenvalue weighted by molar-refractivity contribution is -0.152. The van der Waals surface area contributed by atoms with E-state index in [2.05, 4.69) is 10.3 Å². The number of carbonyl (C=O) groups excluding carboxylic acids is 2. The Labute approximate surface area is 175 Å². The van der Waals surface area contributed by atoms with Crippen molar-refractivity contribution in [1.82, 2.24) is 9.88 Å². The number of amides is 1. The Hall–Kier alpha value is -2.49. The number of rotatable bonds is 4. The van der Waals surface area contributed by atoms with Crippen LogP contribution in [0.15, 0.2) is 24.3 Å². The van der Waals surface area contributed by atoms with Crippen molar-refractivity contribution >= 4 is 23.8 Å². The van der Waals surface area contributed by atoms with E-state index in [0.29, 0.717) is 31.6 Å². The van der Waals surface area contributed by atoms with Gasteiger partial charge in [0.05, 0.1) is 18.3 Å². The summed E-state index contributed by atoms with van der Waals surface area (Å²) in [5.41, 5.74) is 1.25. The van der Waals surface area contributed by atoms with Gasteiger partial charge in [-0.05, 0) is 44.9 Å². The molecule has 1 fully saturated rings. The fourth-order valence-corrected chi connectivity index (χ4v) is 3.37. The van der Waals surface area contributed by atoms with E-state index in [1.165, 1.54) is 0 Å². The van der Waals surface area contributed by atoms with Crippen LogP contribution in [0, 0.1) is 0 Å². The summed E-state index contributed by atoms with van der Waals surface area (Å²) < 4.78 is 10.7. The molecule has 4 atom stereocenters. The highest BCUT2D eigenvalue weighted by molar-refractivity contribution is 5.72. The summed E-state index contributed by atoms with van der Waals surface area (Å²) >= 11 is 0. The molecule has 0 saturated carbocycles. The number of anilines is 1. The number of ether oxygens (including phenoxy) is 2. The highest BCUT2D eigenvalue weighted by Crippen LogP contribution is 2.24. The summed E-state index contributed by atoms with van der Waals surface area (Å²) in [4.78, 5) is 29.3. The van der Waals surface area contributed by atoms with E-state index in [1.54, 1.807) is 11.0 Å². The lowest BCUT2D eigenvalue weighted by Gasteiger charge is -2.36. The Morgan fingerprint density at radius 1 is 1.33 bits per heavy atom. The van der Waals surface area contributed by atoms with Crippen LogP contribution in [0.3, 0.4) is 0 Å². The van der Waals surface area contributed by atoms with Crippen LogP contribution < -0.4 is 5.32 Å². The molecule has 30 heavy (non-hydrogen) atoms. The van der Waals surface area contributed by atoms with Crippen molar-refractivity contribution in [3.05, 3.63) is 30.0 Å². The summed E-state index contributed by atoms with van der Waals surface area (Å²) in [5.74, 6) is 0.521. The largest absolute Gasteiger partial charge is 0.444 e. The van der Waals surface area contributed by atoms with Crippen LogP contribution in [0.5, 0.6) is 0 Å². The predicted octanol–water partition coefficient (Wildman–Crippen LogP) is 1.21. The Morgan fingerprint density at radius 3 is 2.73 bits per heavy atom. The molecule has 1 amide bonds. The van der Waals surface area contributed by atoms with Gasteiger partial charge in [-0.2, -0.15) is 0 Å². The second kappa shape index (κ2) is 9.11. The molecule has 0 bridgehead atoms. The lowest BCUT2D eigenvalue weighted by atomic mass is 9.99. The van der Waals surface area contributed by atoms with Crippen molar-refractivity contribution in [3.63, 3.8) is 0 Å². The molecule has 9 heteroatoms. The van der Waals surface area contributed by atoms with Crippen molar-refractivity contribution in [3.8, 4) is 0 Å². The molecule has 0 spiro atoms. The second-order valence-corrected chi connectivity index (χ2v) is 8.48.